The fourth-order valence-corrected chi connectivity index (χ4v) is 1.30. The minimum Gasteiger partial charge on any atom is -0.289 e. The lowest BCUT2D eigenvalue weighted by atomic mass is 10.2. The van der Waals surface area contributed by atoms with Crippen LogP contribution < -0.4 is 0 Å². The van der Waals surface area contributed by atoms with Gasteiger partial charge >= 0.3 is 0 Å². The molecule has 0 spiro atoms. The lowest BCUT2D eigenvalue weighted by Gasteiger charge is -2.07. The average Bonchev–Trinajstić information content (AvgIpc) is 1.88. The van der Waals surface area contributed by atoms with Crippen molar-refractivity contribution in [3.05, 3.63) is 0 Å². The largest absolute Gasteiger partial charge is 0.289 e. The number of hydrogen-bond donors (Lipinski definition) is 0. The second-order valence-corrected chi connectivity index (χ2v) is 2.84. The summed E-state index contributed by atoms with van der Waals surface area (Å²) in [5.41, 5.74) is 0. The molecule has 10 heavy (non-hydrogen) atoms. The van der Waals surface area contributed by atoms with Gasteiger partial charge in [0.05, 0.1) is 0 Å². The highest BCUT2D eigenvalue weighted by Gasteiger charge is 2.10. The van der Waals surface area contributed by atoms with Crippen LogP contribution >= 0.6 is 0 Å². The van der Waals surface area contributed by atoms with E-state index in [-0.39, 0.29) is 5.78 Å². The molecule has 0 aromatic carbocycles. The van der Waals surface area contributed by atoms with E-state index in [0.29, 0.717) is 0 Å². The monoisotopic (exact) mass is 140 g/mol. The normalized spacial score (nSPS) is 18.7. The van der Waals surface area contributed by atoms with E-state index in [4.69, 9.17) is 0 Å². The molecule has 0 bridgehead atoms. The maximum Gasteiger partial charge on any atom is 0.215 e. The Kier molecular flexibility index (Phi) is 2.60. The SMILES string of the molecule is CC(=O)C=[N+]1CCCCC1. The van der Waals surface area contributed by atoms with Gasteiger partial charge in [-0.1, -0.05) is 0 Å². The van der Waals surface area contributed by atoms with Crippen LogP contribution in [-0.2, 0) is 4.79 Å². The van der Waals surface area contributed by atoms with Gasteiger partial charge in [-0.15, -0.1) is 0 Å². The number of ketones is 1. The fourth-order valence-electron chi connectivity index (χ4n) is 1.30. The molecular formula is C8H14NO+. The fraction of sp³-hybridized carbons (Fsp3) is 0.750. The van der Waals surface area contributed by atoms with Gasteiger partial charge in [0.1, 0.15) is 13.1 Å². The Morgan fingerprint density at radius 1 is 1.30 bits per heavy atom. The second kappa shape index (κ2) is 3.49. The summed E-state index contributed by atoms with van der Waals surface area (Å²) in [7, 11) is 0. The Hall–Kier alpha value is -0.660. The highest BCUT2D eigenvalue weighted by Crippen LogP contribution is 2.02. The lowest BCUT2D eigenvalue weighted by molar-refractivity contribution is -0.532. The first-order valence-electron chi connectivity index (χ1n) is 3.88. The smallest absolute Gasteiger partial charge is 0.215 e. The van der Waals surface area contributed by atoms with E-state index in [0.717, 1.165) is 13.1 Å². The second-order valence-electron chi connectivity index (χ2n) is 2.84. The standard InChI is InChI=1S/C8H14NO/c1-8(10)7-9-5-3-2-4-6-9/h7H,2-6H2,1H3/q+1. The number of piperidine rings is 1. The van der Waals surface area contributed by atoms with E-state index in [1.807, 2.05) is 0 Å². The molecule has 0 unspecified atom stereocenters. The van der Waals surface area contributed by atoms with Crippen LogP contribution in [0.15, 0.2) is 0 Å². The molecule has 0 N–H and O–H groups in total. The van der Waals surface area contributed by atoms with E-state index in [9.17, 15) is 4.79 Å². The molecule has 0 aromatic heterocycles. The quantitative estimate of drug-likeness (QED) is 0.494. The molecule has 0 atom stereocenters. The zero-order chi connectivity index (χ0) is 7.40. The highest BCUT2D eigenvalue weighted by atomic mass is 16.1. The first-order valence-corrected chi connectivity index (χ1v) is 3.88. The molecule has 1 aliphatic rings. The predicted octanol–water partition coefficient (Wildman–Crippen LogP) is 0.843. The van der Waals surface area contributed by atoms with Gasteiger partial charge in [-0.05, 0) is 6.42 Å². The number of carbonyl (C=O) groups is 1. The molecular weight excluding hydrogens is 126 g/mol. The number of nitrogens with zero attached hydrogens (tertiary/aromatic N) is 1. The molecule has 0 saturated carbocycles. The third-order valence-corrected chi connectivity index (χ3v) is 1.76. The average molecular weight is 140 g/mol. The van der Waals surface area contributed by atoms with E-state index < -0.39 is 0 Å². The predicted molar refractivity (Wildman–Crippen MR) is 40.6 cm³/mol. The van der Waals surface area contributed by atoms with Gasteiger partial charge in [-0.2, -0.15) is 0 Å². The van der Waals surface area contributed by atoms with Crippen LogP contribution in [0.3, 0.4) is 0 Å². The Balaban J connectivity index is 2.45. The van der Waals surface area contributed by atoms with Gasteiger partial charge in [-0.25, -0.2) is 4.58 Å². The number of carbonyl (C=O) groups excluding carboxylic acids is 1. The van der Waals surface area contributed by atoms with Crippen molar-refractivity contribution < 1.29 is 9.37 Å². The molecule has 1 rings (SSSR count). The molecule has 0 amide bonds. The van der Waals surface area contributed by atoms with Crippen molar-refractivity contribution >= 4 is 12.0 Å². The number of Topliss-reactive ketones (excluding diaryl/α,β-unsaturated/α-hetero) is 1. The summed E-state index contributed by atoms with van der Waals surface area (Å²) in [5, 5.41) is 0. The van der Waals surface area contributed by atoms with Gasteiger partial charge in [0.25, 0.3) is 0 Å². The first-order chi connectivity index (χ1) is 4.79. The Morgan fingerprint density at radius 3 is 2.40 bits per heavy atom. The maximum atomic E-state index is 10.6. The first kappa shape index (κ1) is 7.45. The van der Waals surface area contributed by atoms with Crippen molar-refractivity contribution in [2.45, 2.75) is 26.2 Å². The van der Waals surface area contributed by atoms with Crippen LogP contribution in [0.2, 0.25) is 0 Å². The number of rotatable bonds is 1. The van der Waals surface area contributed by atoms with Crippen LogP contribution in [0.25, 0.3) is 0 Å². The van der Waals surface area contributed by atoms with Crippen molar-refractivity contribution in [1.29, 1.82) is 0 Å². The molecule has 56 valence electrons. The van der Waals surface area contributed by atoms with Gasteiger partial charge in [0.15, 0.2) is 0 Å². The Bertz CT molecular complexity index is 153. The minimum atomic E-state index is 0.168. The summed E-state index contributed by atoms with van der Waals surface area (Å²) in [4.78, 5) is 10.6. The van der Waals surface area contributed by atoms with Crippen molar-refractivity contribution in [2.75, 3.05) is 13.1 Å². The third-order valence-electron chi connectivity index (χ3n) is 1.76. The minimum absolute atomic E-state index is 0.168. The van der Waals surface area contributed by atoms with Crippen LogP contribution in [0.1, 0.15) is 26.2 Å². The van der Waals surface area contributed by atoms with E-state index in [2.05, 4.69) is 4.58 Å². The summed E-state index contributed by atoms with van der Waals surface area (Å²) < 4.78 is 2.12. The van der Waals surface area contributed by atoms with Gasteiger partial charge in [0.2, 0.25) is 12.0 Å². The van der Waals surface area contributed by atoms with Crippen LogP contribution in [0, 0.1) is 0 Å². The van der Waals surface area contributed by atoms with Crippen LogP contribution in [-0.4, -0.2) is 29.7 Å². The zero-order valence-electron chi connectivity index (χ0n) is 6.47. The van der Waals surface area contributed by atoms with Crippen molar-refractivity contribution in [2.24, 2.45) is 0 Å². The summed E-state index contributed by atoms with van der Waals surface area (Å²) in [5.74, 6) is 0.168. The molecule has 1 saturated heterocycles. The zero-order valence-corrected chi connectivity index (χ0v) is 6.47. The van der Waals surface area contributed by atoms with Crippen LogP contribution in [0.5, 0.6) is 0 Å². The van der Waals surface area contributed by atoms with E-state index in [1.54, 1.807) is 13.1 Å². The van der Waals surface area contributed by atoms with Gasteiger partial charge in [0, 0.05) is 19.8 Å². The van der Waals surface area contributed by atoms with Crippen molar-refractivity contribution in [3.8, 4) is 0 Å². The number of hydrogen-bond acceptors (Lipinski definition) is 1. The van der Waals surface area contributed by atoms with Crippen molar-refractivity contribution in [3.63, 3.8) is 0 Å². The topological polar surface area (TPSA) is 20.1 Å². The highest BCUT2D eigenvalue weighted by molar-refractivity contribution is 6.24. The Labute approximate surface area is 61.6 Å². The summed E-state index contributed by atoms with van der Waals surface area (Å²) in [6.45, 7) is 3.74. The van der Waals surface area contributed by atoms with Crippen molar-refractivity contribution in [1.82, 2.24) is 0 Å². The molecule has 1 heterocycles. The molecule has 0 aliphatic carbocycles. The molecule has 1 fully saturated rings. The molecule has 1 aliphatic heterocycles. The molecule has 2 nitrogen and oxygen atoms in total. The lowest BCUT2D eigenvalue weighted by Crippen LogP contribution is -2.23. The molecule has 0 radical (unpaired) electrons. The summed E-state index contributed by atoms with van der Waals surface area (Å²) >= 11 is 0. The Morgan fingerprint density at radius 2 is 1.90 bits per heavy atom. The third kappa shape index (κ3) is 2.29. The summed E-state index contributed by atoms with van der Waals surface area (Å²) in [6, 6.07) is 0. The maximum absolute atomic E-state index is 10.6. The molecule has 2 heteroatoms. The van der Waals surface area contributed by atoms with E-state index in [1.165, 1.54) is 19.3 Å². The summed E-state index contributed by atoms with van der Waals surface area (Å²) in [6.07, 6.45) is 5.52. The van der Waals surface area contributed by atoms with Gasteiger partial charge in [-0.3, -0.25) is 4.79 Å². The van der Waals surface area contributed by atoms with Crippen LogP contribution in [0.4, 0.5) is 0 Å². The molecule has 0 aromatic rings. The van der Waals surface area contributed by atoms with Gasteiger partial charge < -0.3 is 0 Å². The van der Waals surface area contributed by atoms with E-state index >= 15 is 0 Å².